The first-order valence-electron chi connectivity index (χ1n) is 7.17. The van der Waals surface area contributed by atoms with Gasteiger partial charge in [-0.3, -0.25) is 0 Å². The zero-order valence-electron chi connectivity index (χ0n) is 12.1. The molecule has 1 unspecified atom stereocenters. The van der Waals surface area contributed by atoms with Crippen LogP contribution in [0.3, 0.4) is 0 Å². The molecule has 1 aromatic carbocycles. The molecule has 2 rings (SSSR count). The Balaban J connectivity index is 2.03. The van der Waals surface area contributed by atoms with E-state index in [1.165, 1.54) is 37.7 Å². The van der Waals surface area contributed by atoms with Crippen LogP contribution in [0.2, 0.25) is 14.8 Å². The third kappa shape index (κ3) is 4.87. The first-order valence-corrected chi connectivity index (χ1v) is 18.0. The van der Waals surface area contributed by atoms with Crippen LogP contribution in [0.25, 0.3) is 0 Å². The molecule has 1 fully saturated rings. The van der Waals surface area contributed by atoms with Crippen LogP contribution in [0.1, 0.15) is 43.6 Å². The summed E-state index contributed by atoms with van der Waals surface area (Å²) in [7, 11) is 0. The van der Waals surface area contributed by atoms with Crippen LogP contribution in [0.15, 0.2) is 29.2 Å². The molecule has 1 atom stereocenters. The molecule has 0 bridgehead atoms. The van der Waals surface area contributed by atoms with Crippen molar-refractivity contribution in [2.75, 3.05) is 0 Å². The second-order valence-electron chi connectivity index (χ2n) is 6.33. The van der Waals surface area contributed by atoms with E-state index in [0.29, 0.717) is 5.92 Å². The minimum atomic E-state index is -2.45. The second kappa shape index (κ2) is 6.72. The summed E-state index contributed by atoms with van der Waals surface area (Å²) in [5.74, 6) is 0.707. The van der Waals surface area contributed by atoms with Crippen molar-refractivity contribution in [3.05, 3.63) is 29.8 Å². The predicted octanol–water partition coefficient (Wildman–Crippen LogP) is 4.61. The van der Waals surface area contributed by atoms with Crippen LogP contribution in [-0.2, 0) is 13.6 Å². The van der Waals surface area contributed by atoms with Gasteiger partial charge in [0.2, 0.25) is 0 Å². The fourth-order valence-corrected chi connectivity index (χ4v) is 8.18. The summed E-state index contributed by atoms with van der Waals surface area (Å²) in [5, 5.41) is 0. The van der Waals surface area contributed by atoms with E-state index in [9.17, 15) is 4.21 Å². The molecular formula is C15H24O2SSn. The Kier molecular flexibility index (Phi) is 5.49. The van der Waals surface area contributed by atoms with Crippen LogP contribution in [0, 0.1) is 0 Å². The van der Waals surface area contributed by atoms with Gasteiger partial charge in [0.15, 0.2) is 0 Å². The summed E-state index contributed by atoms with van der Waals surface area (Å²) in [6.45, 7) is 0. The molecule has 0 N–H and O–H groups in total. The SMILES string of the molecule is [CH3][Sn]([CH3])([CH3])[O]S(=O)c1ccc(C2CCCCC2)cc1. The quantitative estimate of drug-likeness (QED) is 0.706. The van der Waals surface area contributed by atoms with Gasteiger partial charge in [0, 0.05) is 0 Å². The van der Waals surface area contributed by atoms with Gasteiger partial charge < -0.3 is 0 Å². The fraction of sp³-hybridized carbons (Fsp3) is 0.600. The molecule has 1 aliphatic rings. The average molecular weight is 387 g/mol. The van der Waals surface area contributed by atoms with Crippen molar-refractivity contribution in [1.82, 2.24) is 0 Å². The van der Waals surface area contributed by atoms with Gasteiger partial charge >= 0.3 is 124 Å². The summed E-state index contributed by atoms with van der Waals surface area (Å²) in [6.07, 6.45) is 6.68. The van der Waals surface area contributed by atoms with Crippen molar-refractivity contribution in [2.45, 2.75) is 57.7 Å². The summed E-state index contributed by atoms with van der Waals surface area (Å²) in [5.41, 5.74) is 1.40. The number of hydrogen-bond donors (Lipinski definition) is 0. The zero-order chi connectivity index (χ0) is 13.9. The van der Waals surface area contributed by atoms with Crippen molar-refractivity contribution in [1.29, 1.82) is 0 Å². The molecule has 0 heterocycles. The Bertz CT molecular complexity index is 430. The van der Waals surface area contributed by atoms with E-state index in [-0.39, 0.29) is 0 Å². The number of rotatable bonds is 4. The Morgan fingerprint density at radius 1 is 1.05 bits per heavy atom. The maximum atomic E-state index is 12.1. The maximum absolute atomic E-state index is 12.1. The second-order valence-corrected chi connectivity index (χ2v) is 20.9. The van der Waals surface area contributed by atoms with Gasteiger partial charge in [-0.1, -0.05) is 0 Å². The number of benzene rings is 1. The molecule has 1 aromatic rings. The Morgan fingerprint density at radius 3 is 2.16 bits per heavy atom. The van der Waals surface area contributed by atoms with Crippen molar-refractivity contribution < 1.29 is 6.73 Å². The van der Waals surface area contributed by atoms with Gasteiger partial charge in [-0.25, -0.2) is 0 Å². The predicted molar refractivity (Wildman–Crippen MR) is 83.1 cm³/mol. The average Bonchev–Trinajstić information content (AvgIpc) is 2.38. The molecule has 0 radical (unpaired) electrons. The van der Waals surface area contributed by atoms with E-state index in [1.807, 2.05) is 12.1 Å². The first-order chi connectivity index (χ1) is 8.96. The molecule has 106 valence electrons. The molecule has 4 heteroatoms. The monoisotopic (exact) mass is 388 g/mol. The van der Waals surface area contributed by atoms with Crippen molar-refractivity contribution in [2.24, 2.45) is 0 Å². The number of hydrogen-bond acceptors (Lipinski definition) is 2. The van der Waals surface area contributed by atoms with Crippen molar-refractivity contribution in [3.63, 3.8) is 0 Å². The fourth-order valence-electron chi connectivity index (χ4n) is 2.56. The van der Waals surface area contributed by atoms with E-state index in [1.54, 1.807) is 0 Å². The summed E-state index contributed by atoms with van der Waals surface area (Å²) in [6, 6.07) is 8.25. The van der Waals surface area contributed by atoms with Crippen LogP contribution >= 0.6 is 0 Å². The van der Waals surface area contributed by atoms with Crippen molar-refractivity contribution in [3.8, 4) is 0 Å². The molecule has 0 amide bonds. The molecule has 19 heavy (non-hydrogen) atoms. The van der Waals surface area contributed by atoms with Crippen LogP contribution in [-0.4, -0.2) is 23.0 Å². The summed E-state index contributed by atoms with van der Waals surface area (Å²) >= 11 is -3.72. The third-order valence-corrected chi connectivity index (χ3v) is 10.4. The van der Waals surface area contributed by atoms with Gasteiger partial charge in [0.1, 0.15) is 0 Å². The van der Waals surface area contributed by atoms with Crippen LogP contribution in [0.5, 0.6) is 0 Å². The molecule has 0 aromatic heterocycles. The zero-order valence-corrected chi connectivity index (χ0v) is 15.8. The van der Waals surface area contributed by atoms with E-state index >= 15 is 0 Å². The van der Waals surface area contributed by atoms with E-state index in [4.69, 9.17) is 2.52 Å². The van der Waals surface area contributed by atoms with Crippen LogP contribution < -0.4 is 0 Å². The van der Waals surface area contributed by atoms with E-state index in [0.717, 1.165) is 4.90 Å². The van der Waals surface area contributed by atoms with Gasteiger partial charge in [-0.15, -0.1) is 0 Å². The summed E-state index contributed by atoms with van der Waals surface area (Å²) in [4.78, 5) is 7.20. The van der Waals surface area contributed by atoms with Crippen molar-refractivity contribution >= 4 is 29.9 Å². The molecule has 0 aliphatic heterocycles. The Morgan fingerprint density at radius 2 is 1.63 bits per heavy atom. The molecular weight excluding hydrogens is 363 g/mol. The molecule has 0 saturated heterocycles. The first kappa shape index (κ1) is 15.5. The summed E-state index contributed by atoms with van der Waals surface area (Å²) < 4.78 is 17.8. The topological polar surface area (TPSA) is 26.3 Å². The molecule has 1 saturated carbocycles. The Labute approximate surface area is 124 Å². The molecule has 0 spiro atoms. The van der Waals surface area contributed by atoms with Gasteiger partial charge in [-0.05, 0) is 0 Å². The van der Waals surface area contributed by atoms with Gasteiger partial charge in [-0.2, -0.15) is 0 Å². The van der Waals surface area contributed by atoms with E-state index in [2.05, 4.69) is 27.0 Å². The van der Waals surface area contributed by atoms with Gasteiger partial charge in [0.25, 0.3) is 0 Å². The van der Waals surface area contributed by atoms with E-state index < -0.39 is 29.9 Å². The van der Waals surface area contributed by atoms with Gasteiger partial charge in [0.05, 0.1) is 0 Å². The molecule has 2 nitrogen and oxygen atoms in total. The third-order valence-electron chi connectivity index (χ3n) is 3.47. The standard InChI is InChI=1S/C12H16O2S.3CH3.Sn/c13-15(14)12-8-6-11(7-9-12)10-4-2-1-3-5-10;;;;/h6-10H,1-5H2,(H,13,14);3*1H3;/q;;;;+1/p-1. The minimum absolute atomic E-state index is 0.707. The van der Waals surface area contributed by atoms with Crippen LogP contribution in [0.4, 0.5) is 0 Å². The normalized spacial score (nSPS) is 19.3. The molecule has 1 aliphatic carbocycles. The Hall–Kier alpha value is 0.129.